The second kappa shape index (κ2) is 6.30. The number of carboxylic acids is 1. The summed E-state index contributed by atoms with van der Waals surface area (Å²) in [5.74, 6) is -1.30. The molecule has 0 fully saturated rings. The summed E-state index contributed by atoms with van der Waals surface area (Å²) in [6.45, 7) is 0.397. The fourth-order valence-electron chi connectivity index (χ4n) is 1.39. The number of carboxylic acid groups (broad SMARTS) is 1. The first kappa shape index (κ1) is 17.9. The molecular formula is C10H12F3NO5S2. The van der Waals surface area contributed by atoms with E-state index < -0.39 is 34.8 Å². The lowest BCUT2D eigenvalue weighted by Gasteiger charge is -2.18. The highest BCUT2D eigenvalue weighted by atomic mass is 32.2. The van der Waals surface area contributed by atoms with Crippen molar-refractivity contribution < 1.29 is 36.2 Å². The van der Waals surface area contributed by atoms with Crippen molar-refractivity contribution in [1.29, 1.82) is 0 Å². The topological polar surface area (TPSA) is 92.7 Å². The Bertz CT molecular complexity index is 623. The molecule has 1 unspecified atom stereocenters. The second-order valence-electron chi connectivity index (χ2n) is 4.00. The lowest BCUT2D eigenvalue weighted by atomic mass is 10.3. The molecule has 0 aromatic carbocycles. The van der Waals surface area contributed by atoms with Gasteiger partial charge in [-0.25, -0.2) is 17.9 Å². The zero-order chi connectivity index (χ0) is 16.4. The minimum atomic E-state index is -4.71. The van der Waals surface area contributed by atoms with Gasteiger partial charge in [-0.1, -0.05) is 0 Å². The molecular weight excluding hydrogens is 335 g/mol. The third-order valence-corrected chi connectivity index (χ3v) is 5.58. The van der Waals surface area contributed by atoms with E-state index in [-0.39, 0.29) is 14.6 Å². The molecule has 6 nitrogen and oxygen atoms in total. The summed E-state index contributed by atoms with van der Waals surface area (Å²) >= 11 is 0.469. The van der Waals surface area contributed by atoms with Crippen LogP contribution in [0.25, 0.3) is 0 Å². The van der Waals surface area contributed by atoms with E-state index in [1.54, 1.807) is 4.72 Å². The van der Waals surface area contributed by atoms with Gasteiger partial charge in [0.1, 0.15) is 9.09 Å². The van der Waals surface area contributed by atoms with Crippen molar-refractivity contribution in [3.8, 4) is 0 Å². The highest BCUT2D eigenvalue weighted by molar-refractivity contribution is 7.91. The number of rotatable bonds is 6. The van der Waals surface area contributed by atoms with Gasteiger partial charge in [0.15, 0.2) is 6.10 Å². The minimum Gasteiger partial charge on any atom is -0.477 e. The van der Waals surface area contributed by atoms with E-state index in [9.17, 15) is 26.4 Å². The van der Waals surface area contributed by atoms with Crippen LogP contribution in [0, 0.1) is 6.92 Å². The molecule has 0 saturated heterocycles. The lowest BCUT2D eigenvalue weighted by molar-refractivity contribution is -0.209. The lowest BCUT2D eigenvalue weighted by Crippen LogP contribution is -2.41. The highest BCUT2D eigenvalue weighted by Gasteiger charge is 2.40. The second-order valence-corrected chi connectivity index (χ2v) is 7.05. The summed E-state index contributed by atoms with van der Waals surface area (Å²) in [7, 11) is -3.43. The number of halogens is 3. The standard InChI is InChI=1S/C10H12F3NO5S2/c1-5-3-7(20-8(5)9(15)16)21(17,18)14-4-6(19-2)10(11,12)13/h3,6,14H,4H2,1-2H3,(H,15,16). The summed E-state index contributed by atoms with van der Waals surface area (Å²) in [6, 6.07) is 1.09. The van der Waals surface area contributed by atoms with Gasteiger partial charge in [-0.05, 0) is 18.6 Å². The predicted octanol–water partition coefficient (Wildman–Crippen LogP) is 1.61. The number of methoxy groups -OCH3 is 1. The summed E-state index contributed by atoms with van der Waals surface area (Å²) in [5.41, 5.74) is 0.215. The molecule has 0 aliphatic heterocycles. The maximum Gasteiger partial charge on any atom is 0.415 e. The Morgan fingerprint density at radius 2 is 2.10 bits per heavy atom. The first-order valence-electron chi connectivity index (χ1n) is 5.42. The number of alkyl halides is 3. The van der Waals surface area contributed by atoms with Crippen LogP contribution in [0.4, 0.5) is 13.2 Å². The number of ether oxygens (including phenoxy) is 1. The molecule has 1 atom stereocenters. The van der Waals surface area contributed by atoms with E-state index in [0.717, 1.165) is 13.2 Å². The van der Waals surface area contributed by atoms with Crippen LogP contribution in [0.5, 0.6) is 0 Å². The molecule has 1 rings (SSSR count). The molecule has 1 heterocycles. The van der Waals surface area contributed by atoms with Gasteiger partial charge in [-0.3, -0.25) is 0 Å². The van der Waals surface area contributed by atoms with Crippen molar-refractivity contribution >= 4 is 27.3 Å². The van der Waals surface area contributed by atoms with E-state index in [1.807, 2.05) is 0 Å². The molecule has 2 N–H and O–H groups in total. The van der Waals surface area contributed by atoms with Crippen molar-refractivity contribution in [2.45, 2.75) is 23.4 Å². The molecule has 0 radical (unpaired) electrons. The van der Waals surface area contributed by atoms with Crippen LogP contribution in [0.2, 0.25) is 0 Å². The normalized spacial score (nSPS) is 14.1. The average Bonchev–Trinajstić information content (AvgIpc) is 2.71. The number of thiophene rings is 1. The number of carbonyl (C=O) groups is 1. The largest absolute Gasteiger partial charge is 0.477 e. The molecule has 0 saturated carbocycles. The van der Waals surface area contributed by atoms with E-state index >= 15 is 0 Å². The van der Waals surface area contributed by atoms with Crippen LogP contribution in [-0.2, 0) is 14.8 Å². The molecule has 0 spiro atoms. The first-order chi connectivity index (χ1) is 9.49. The van der Waals surface area contributed by atoms with Gasteiger partial charge in [-0.2, -0.15) is 13.2 Å². The Hall–Kier alpha value is -1.17. The van der Waals surface area contributed by atoms with E-state index in [1.165, 1.54) is 6.92 Å². The van der Waals surface area contributed by atoms with Gasteiger partial charge >= 0.3 is 12.1 Å². The van der Waals surface area contributed by atoms with Crippen LogP contribution < -0.4 is 4.72 Å². The highest BCUT2D eigenvalue weighted by Crippen LogP contribution is 2.27. The van der Waals surface area contributed by atoms with Crippen molar-refractivity contribution in [1.82, 2.24) is 4.72 Å². The Morgan fingerprint density at radius 3 is 2.48 bits per heavy atom. The first-order valence-corrected chi connectivity index (χ1v) is 7.72. The third-order valence-electron chi connectivity index (χ3n) is 2.46. The predicted molar refractivity (Wildman–Crippen MR) is 68.1 cm³/mol. The number of hydrogen-bond donors (Lipinski definition) is 2. The fourth-order valence-corrected chi connectivity index (χ4v) is 3.84. The molecule has 1 aromatic heterocycles. The van der Waals surface area contributed by atoms with Gasteiger partial charge in [0, 0.05) is 13.7 Å². The molecule has 21 heavy (non-hydrogen) atoms. The summed E-state index contributed by atoms with van der Waals surface area (Å²) in [6.07, 6.45) is -7.00. The summed E-state index contributed by atoms with van der Waals surface area (Å²) < 4.78 is 66.6. The number of hydrogen-bond acceptors (Lipinski definition) is 5. The Morgan fingerprint density at radius 1 is 1.52 bits per heavy atom. The number of aromatic carboxylic acids is 1. The average molecular weight is 347 g/mol. The maximum atomic E-state index is 12.4. The third kappa shape index (κ3) is 4.40. The van der Waals surface area contributed by atoms with Crippen LogP contribution in [0.1, 0.15) is 15.2 Å². The van der Waals surface area contributed by atoms with Crippen LogP contribution >= 0.6 is 11.3 Å². The summed E-state index contributed by atoms with van der Waals surface area (Å²) in [5, 5.41) is 8.83. The Labute approximate surface area is 122 Å². The fraction of sp³-hybridized carbons (Fsp3) is 0.500. The molecule has 11 heteroatoms. The number of sulfonamides is 1. The quantitative estimate of drug-likeness (QED) is 0.816. The van der Waals surface area contributed by atoms with Crippen molar-refractivity contribution in [2.75, 3.05) is 13.7 Å². The Kier molecular flexibility index (Phi) is 5.36. The SMILES string of the molecule is COC(CNS(=O)(=O)c1cc(C)c(C(=O)O)s1)C(F)(F)F. The maximum absolute atomic E-state index is 12.4. The van der Waals surface area contributed by atoms with E-state index in [0.29, 0.717) is 11.3 Å². The van der Waals surface area contributed by atoms with Gasteiger partial charge < -0.3 is 9.84 Å². The molecule has 120 valence electrons. The van der Waals surface area contributed by atoms with Gasteiger partial charge in [0.05, 0.1) is 0 Å². The van der Waals surface area contributed by atoms with Crippen molar-refractivity contribution in [3.05, 3.63) is 16.5 Å². The molecule has 0 aliphatic carbocycles. The van der Waals surface area contributed by atoms with Gasteiger partial charge in [0.2, 0.25) is 10.0 Å². The van der Waals surface area contributed by atoms with Crippen molar-refractivity contribution in [2.24, 2.45) is 0 Å². The van der Waals surface area contributed by atoms with Gasteiger partial charge in [-0.15, -0.1) is 11.3 Å². The number of aryl methyl sites for hydroxylation is 1. The number of nitrogens with one attached hydrogen (secondary N) is 1. The monoisotopic (exact) mass is 347 g/mol. The van der Waals surface area contributed by atoms with Crippen LogP contribution in [0.3, 0.4) is 0 Å². The molecule has 0 bridgehead atoms. The minimum absolute atomic E-state index is 0.186. The van der Waals surface area contributed by atoms with Crippen LogP contribution in [0.15, 0.2) is 10.3 Å². The smallest absolute Gasteiger partial charge is 0.415 e. The zero-order valence-electron chi connectivity index (χ0n) is 10.9. The van der Waals surface area contributed by atoms with Gasteiger partial charge in [0.25, 0.3) is 0 Å². The zero-order valence-corrected chi connectivity index (χ0v) is 12.5. The molecule has 1 aromatic rings. The van der Waals surface area contributed by atoms with Crippen molar-refractivity contribution in [3.63, 3.8) is 0 Å². The Balaban J connectivity index is 2.92. The van der Waals surface area contributed by atoms with Crippen LogP contribution in [-0.4, -0.2) is 45.4 Å². The molecule has 0 amide bonds. The molecule has 0 aliphatic rings. The summed E-state index contributed by atoms with van der Waals surface area (Å²) in [4.78, 5) is 10.6. The van der Waals surface area contributed by atoms with E-state index in [2.05, 4.69) is 4.74 Å². The van der Waals surface area contributed by atoms with E-state index in [4.69, 9.17) is 5.11 Å².